The number of carboxylic acid groups (broad SMARTS) is 1. The minimum atomic E-state index is -3.47. The number of nitrogens with zero attached hydrogens (tertiary/aromatic N) is 2. The van der Waals surface area contributed by atoms with Gasteiger partial charge in [0.2, 0.25) is 0 Å². The highest BCUT2D eigenvalue weighted by atomic mass is 32.2. The summed E-state index contributed by atoms with van der Waals surface area (Å²) in [6.07, 6.45) is 2.68. The maximum absolute atomic E-state index is 12.2. The topological polar surface area (TPSA) is 77.9 Å². The molecule has 0 radical (unpaired) electrons. The van der Waals surface area contributed by atoms with Crippen LogP contribution >= 0.6 is 0 Å². The third-order valence-corrected chi connectivity index (χ3v) is 5.01. The van der Waals surface area contributed by atoms with Crippen molar-refractivity contribution in [2.75, 3.05) is 26.2 Å². The Morgan fingerprint density at radius 3 is 2.35 bits per heavy atom. The van der Waals surface area contributed by atoms with Gasteiger partial charge in [-0.1, -0.05) is 13.3 Å². The number of piperidine rings is 1. The van der Waals surface area contributed by atoms with Gasteiger partial charge in [0.1, 0.15) is 0 Å². The summed E-state index contributed by atoms with van der Waals surface area (Å²) >= 11 is 0. The standard InChI is InChI=1S/C10H20N2O4S/c1-2-11(9-6-10(13)14)17(15,16)12-7-4-3-5-8-12/h2-9H2,1H3,(H,13,14). The lowest BCUT2D eigenvalue weighted by Gasteiger charge is -2.31. The maximum atomic E-state index is 12.2. The molecule has 0 bridgehead atoms. The van der Waals surface area contributed by atoms with Crippen LogP contribution in [0.25, 0.3) is 0 Å². The minimum absolute atomic E-state index is 0.0463. The van der Waals surface area contributed by atoms with E-state index in [1.54, 1.807) is 6.92 Å². The third kappa shape index (κ3) is 3.93. The molecule has 6 nitrogen and oxygen atoms in total. The molecule has 1 heterocycles. The van der Waals surface area contributed by atoms with Crippen LogP contribution < -0.4 is 0 Å². The van der Waals surface area contributed by atoms with Gasteiger partial charge in [0.05, 0.1) is 6.42 Å². The minimum Gasteiger partial charge on any atom is -0.481 e. The van der Waals surface area contributed by atoms with Crippen molar-refractivity contribution in [1.82, 2.24) is 8.61 Å². The molecule has 0 aliphatic carbocycles. The van der Waals surface area contributed by atoms with E-state index >= 15 is 0 Å². The molecule has 0 unspecified atom stereocenters. The first-order valence-electron chi connectivity index (χ1n) is 5.95. The van der Waals surface area contributed by atoms with E-state index in [1.165, 1.54) is 8.61 Å². The Balaban J connectivity index is 2.67. The van der Waals surface area contributed by atoms with Gasteiger partial charge in [-0.05, 0) is 12.8 Å². The molecular weight excluding hydrogens is 244 g/mol. The Kier molecular flexibility index (Phi) is 5.35. The molecule has 7 heteroatoms. The molecular formula is C10H20N2O4S. The molecule has 0 spiro atoms. The summed E-state index contributed by atoms with van der Waals surface area (Å²) in [7, 11) is -3.47. The van der Waals surface area contributed by atoms with Crippen LogP contribution in [-0.4, -0.2) is 54.3 Å². The van der Waals surface area contributed by atoms with Crippen molar-refractivity contribution in [1.29, 1.82) is 0 Å². The number of carbonyl (C=O) groups is 1. The molecule has 100 valence electrons. The van der Waals surface area contributed by atoms with Crippen LogP contribution in [0.4, 0.5) is 0 Å². The average molecular weight is 264 g/mol. The number of hydrogen-bond acceptors (Lipinski definition) is 3. The molecule has 1 rings (SSSR count). The van der Waals surface area contributed by atoms with Crippen molar-refractivity contribution in [2.45, 2.75) is 32.6 Å². The summed E-state index contributed by atoms with van der Waals surface area (Å²) in [5.41, 5.74) is 0. The van der Waals surface area contributed by atoms with Gasteiger partial charge in [0.15, 0.2) is 0 Å². The molecule has 1 N–H and O–H groups in total. The van der Waals surface area contributed by atoms with Crippen molar-refractivity contribution in [3.8, 4) is 0 Å². The molecule has 0 aromatic heterocycles. The molecule has 1 aliphatic heterocycles. The fourth-order valence-corrected chi connectivity index (χ4v) is 3.61. The van der Waals surface area contributed by atoms with Crippen LogP contribution in [0.2, 0.25) is 0 Å². The molecule has 0 aromatic rings. The van der Waals surface area contributed by atoms with Crippen molar-refractivity contribution in [3.63, 3.8) is 0 Å². The zero-order valence-electron chi connectivity index (χ0n) is 10.1. The van der Waals surface area contributed by atoms with Gasteiger partial charge >= 0.3 is 5.97 Å². The molecule has 0 aromatic carbocycles. The number of carboxylic acids is 1. The van der Waals surface area contributed by atoms with Gasteiger partial charge in [-0.25, -0.2) is 0 Å². The van der Waals surface area contributed by atoms with Crippen LogP contribution in [0.3, 0.4) is 0 Å². The Hall–Kier alpha value is -0.660. The van der Waals surface area contributed by atoms with Crippen LogP contribution in [0.15, 0.2) is 0 Å². The fraction of sp³-hybridized carbons (Fsp3) is 0.900. The lowest BCUT2D eigenvalue weighted by molar-refractivity contribution is -0.137. The van der Waals surface area contributed by atoms with E-state index in [-0.39, 0.29) is 13.0 Å². The van der Waals surface area contributed by atoms with Gasteiger partial charge in [0.25, 0.3) is 10.2 Å². The molecule has 0 amide bonds. The highest BCUT2D eigenvalue weighted by molar-refractivity contribution is 7.86. The van der Waals surface area contributed by atoms with Gasteiger partial charge in [-0.3, -0.25) is 4.79 Å². The van der Waals surface area contributed by atoms with E-state index in [9.17, 15) is 13.2 Å². The molecule has 1 fully saturated rings. The van der Waals surface area contributed by atoms with E-state index in [4.69, 9.17) is 5.11 Å². The number of hydrogen-bond donors (Lipinski definition) is 1. The summed E-state index contributed by atoms with van der Waals surface area (Å²) in [6.45, 7) is 3.18. The second kappa shape index (κ2) is 6.32. The van der Waals surface area contributed by atoms with E-state index in [0.29, 0.717) is 19.6 Å². The smallest absolute Gasteiger partial charge is 0.304 e. The molecule has 1 saturated heterocycles. The van der Waals surface area contributed by atoms with Gasteiger partial charge in [0, 0.05) is 26.2 Å². The van der Waals surface area contributed by atoms with Gasteiger partial charge in [-0.2, -0.15) is 17.0 Å². The summed E-state index contributed by atoms with van der Waals surface area (Å²) in [6, 6.07) is 0. The Morgan fingerprint density at radius 1 is 1.29 bits per heavy atom. The van der Waals surface area contributed by atoms with E-state index in [2.05, 4.69) is 0 Å². The lowest BCUT2D eigenvalue weighted by atomic mass is 10.2. The van der Waals surface area contributed by atoms with Crippen molar-refractivity contribution >= 4 is 16.2 Å². The van der Waals surface area contributed by atoms with Gasteiger partial charge in [-0.15, -0.1) is 0 Å². The van der Waals surface area contributed by atoms with Crippen LogP contribution in [0.5, 0.6) is 0 Å². The second-order valence-electron chi connectivity index (χ2n) is 4.10. The van der Waals surface area contributed by atoms with Crippen LogP contribution in [0, 0.1) is 0 Å². The zero-order valence-corrected chi connectivity index (χ0v) is 10.9. The first-order valence-corrected chi connectivity index (χ1v) is 7.35. The van der Waals surface area contributed by atoms with Crippen LogP contribution in [0.1, 0.15) is 32.6 Å². The average Bonchev–Trinajstić information content (AvgIpc) is 2.30. The SMILES string of the molecule is CCN(CCC(=O)O)S(=O)(=O)N1CCCCC1. The lowest BCUT2D eigenvalue weighted by Crippen LogP contribution is -2.46. The molecule has 0 atom stereocenters. The normalized spacial score (nSPS) is 18.5. The number of aliphatic carboxylic acids is 1. The third-order valence-electron chi connectivity index (χ3n) is 2.90. The second-order valence-corrected chi connectivity index (χ2v) is 6.03. The fourth-order valence-electron chi connectivity index (χ4n) is 1.92. The van der Waals surface area contributed by atoms with Crippen molar-refractivity contribution in [3.05, 3.63) is 0 Å². The van der Waals surface area contributed by atoms with Crippen LogP contribution in [-0.2, 0) is 15.0 Å². The first kappa shape index (κ1) is 14.4. The monoisotopic (exact) mass is 264 g/mol. The van der Waals surface area contributed by atoms with E-state index in [1.807, 2.05) is 0 Å². The quantitative estimate of drug-likeness (QED) is 0.758. The first-order chi connectivity index (χ1) is 7.98. The highest BCUT2D eigenvalue weighted by Crippen LogP contribution is 2.16. The number of rotatable bonds is 6. The largest absolute Gasteiger partial charge is 0.481 e. The van der Waals surface area contributed by atoms with E-state index in [0.717, 1.165) is 19.3 Å². The predicted octanol–water partition coefficient (Wildman–Crippen LogP) is 0.514. The summed E-state index contributed by atoms with van der Waals surface area (Å²) in [5.74, 6) is -0.975. The summed E-state index contributed by atoms with van der Waals surface area (Å²) in [4.78, 5) is 10.5. The zero-order chi connectivity index (χ0) is 12.9. The predicted molar refractivity (Wildman–Crippen MR) is 63.8 cm³/mol. The van der Waals surface area contributed by atoms with Crippen molar-refractivity contribution < 1.29 is 18.3 Å². The van der Waals surface area contributed by atoms with E-state index < -0.39 is 16.2 Å². The van der Waals surface area contributed by atoms with Crippen molar-refractivity contribution in [2.24, 2.45) is 0 Å². The Labute approximate surface area is 102 Å². The molecule has 17 heavy (non-hydrogen) atoms. The maximum Gasteiger partial charge on any atom is 0.304 e. The van der Waals surface area contributed by atoms with Gasteiger partial charge < -0.3 is 5.11 Å². The summed E-state index contributed by atoms with van der Waals surface area (Å²) < 4.78 is 27.1. The Morgan fingerprint density at radius 2 is 1.88 bits per heavy atom. The summed E-state index contributed by atoms with van der Waals surface area (Å²) in [5, 5.41) is 8.60. The highest BCUT2D eigenvalue weighted by Gasteiger charge is 2.29. The Bertz CT molecular complexity index is 349. The molecule has 1 aliphatic rings. The molecule has 0 saturated carbocycles.